The Morgan fingerprint density at radius 3 is 2.65 bits per heavy atom. The van der Waals surface area contributed by atoms with E-state index in [1.54, 1.807) is 13.8 Å². The van der Waals surface area contributed by atoms with E-state index in [0.717, 1.165) is 0 Å². The van der Waals surface area contributed by atoms with Crippen LogP contribution >= 0.6 is 0 Å². The fourth-order valence-electron chi connectivity index (χ4n) is 1.45. The Labute approximate surface area is 99.1 Å². The van der Waals surface area contributed by atoms with Crippen LogP contribution in [0.4, 0.5) is 0 Å². The predicted molar refractivity (Wildman–Crippen MR) is 57.0 cm³/mol. The van der Waals surface area contributed by atoms with Crippen LogP contribution in [0.1, 0.15) is 20.3 Å². The number of ketones is 1. The number of aliphatic hydroxyl groups is 1. The summed E-state index contributed by atoms with van der Waals surface area (Å²) in [5.74, 6) is -1.80. The van der Waals surface area contributed by atoms with Crippen molar-refractivity contribution in [2.75, 3.05) is 13.7 Å². The van der Waals surface area contributed by atoms with E-state index in [0.29, 0.717) is 0 Å². The first-order valence-corrected chi connectivity index (χ1v) is 5.33. The van der Waals surface area contributed by atoms with E-state index in [1.165, 1.54) is 7.11 Å². The van der Waals surface area contributed by atoms with E-state index in [9.17, 15) is 14.7 Å². The molecular formula is C11H16O6. The number of carbonyl (C=O) groups excluding carboxylic acids is 2. The molecule has 6 nitrogen and oxygen atoms in total. The standard InChI is InChI=1S/C11H16O6/c1-6(2)9(12)8-10(13)7(17-11(8)14)4-5-16-15-3/h6-7,12H,4-5H2,1-3H3. The van der Waals surface area contributed by atoms with Crippen molar-refractivity contribution < 1.29 is 29.2 Å². The van der Waals surface area contributed by atoms with Crippen molar-refractivity contribution >= 4 is 11.8 Å². The number of esters is 1. The number of allylic oxidation sites excluding steroid dienone is 1. The number of cyclic esters (lactones) is 1. The maximum atomic E-state index is 11.8. The first-order valence-electron chi connectivity index (χ1n) is 5.33. The maximum Gasteiger partial charge on any atom is 0.346 e. The van der Waals surface area contributed by atoms with Crippen LogP contribution in [0.3, 0.4) is 0 Å². The van der Waals surface area contributed by atoms with Gasteiger partial charge in [-0.15, -0.1) is 0 Å². The molecule has 0 bridgehead atoms. The molecule has 0 aliphatic carbocycles. The molecule has 1 saturated heterocycles. The van der Waals surface area contributed by atoms with Crippen LogP contribution in [0.25, 0.3) is 0 Å². The summed E-state index contributed by atoms with van der Waals surface area (Å²) >= 11 is 0. The fraction of sp³-hybridized carbons (Fsp3) is 0.636. The third-order valence-corrected chi connectivity index (χ3v) is 2.38. The number of aliphatic hydroxyl groups excluding tert-OH is 1. The highest BCUT2D eigenvalue weighted by atomic mass is 17.2. The van der Waals surface area contributed by atoms with Gasteiger partial charge >= 0.3 is 5.97 Å². The topological polar surface area (TPSA) is 82.1 Å². The average Bonchev–Trinajstić information content (AvgIpc) is 2.54. The zero-order chi connectivity index (χ0) is 13.0. The van der Waals surface area contributed by atoms with Gasteiger partial charge in [-0.2, -0.15) is 0 Å². The minimum atomic E-state index is -0.895. The minimum Gasteiger partial charge on any atom is -0.511 e. The Kier molecular flexibility index (Phi) is 4.65. The second-order valence-electron chi connectivity index (χ2n) is 3.95. The zero-order valence-electron chi connectivity index (χ0n) is 10.1. The summed E-state index contributed by atoms with van der Waals surface area (Å²) < 4.78 is 4.86. The molecule has 0 spiro atoms. The molecule has 96 valence electrons. The first kappa shape index (κ1) is 13.7. The lowest BCUT2D eigenvalue weighted by molar-refractivity contribution is -0.274. The van der Waals surface area contributed by atoms with Gasteiger partial charge in [0.05, 0.1) is 13.7 Å². The number of carbonyl (C=O) groups is 2. The van der Waals surface area contributed by atoms with Gasteiger partial charge in [0.15, 0.2) is 6.10 Å². The average molecular weight is 244 g/mol. The van der Waals surface area contributed by atoms with Crippen LogP contribution in [0.5, 0.6) is 0 Å². The van der Waals surface area contributed by atoms with Crippen molar-refractivity contribution in [3.05, 3.63) is 11.3 Å². The molecule has 1 heterocycles. The zero-order valence-corrected chi connectivity index (χ0v) is 10.1. The SMILES string of the molecule is COOCCC1OC(=O)C(=C(O)C(C)C)C1=O. The predicted octanol–water partition coefficient (Wildman–Crippen LogP) is 0.917. The molecule has 1 unspecified atom stereocenters. The molecule has 1 aliphatic heterocycles. The van der Waals surface area contributed by atoms with Gasteiger partial charge in [-0.1, -0.05) is 13.8 Å². The van der Waals surface area contributed by atoms with E-state index < -0.39 is 17.9 Å². The summed E-state index contributed by atoms with van der Waals surface area (Å²) in [6.07, 6.45) is -0.693. The molecule has 1 N–H and O–H groups in total. The number of ether oxygens (including phenoxy) is 1. The Morgan fingerprint density at radius 1 is 1.47 bits per heavy atom. The van der Waals surface area contributed by atoms with Gasteiger partial charge in [-0.05, 0) is 0 Å². The third-order valence-electron chi connectivity index (χ3n) is 2.38. The van der Waals surface area contributed by atoms with Crippen molar-refractivity contribution in [2.45, 2.75) is 26.4 Å². The van der Waals surface area contributed by atoms with Crippen LogP contribution in [0, 0.1) is 5.92 Å². The van der Waals surface area contributed by atoms with Gasteiger partial charge in [0.2, 0.25) is 5.78 Å². The highest BCUT2D eigenvalue weighted by Crippen LogP contribution is 2.24. The summed E-state index contributed by atoms with van der Waals surface area (Å²) in [6, 6.07) is 0. The van der Waals surface area contributed by atoms with Crippen molar-refractivity contribution in [1.82, 2.24) is 0 Å². The molecule has 6 heteroatoms. The highest BCUT2D eigenvalue weighted by molar-refractivity contribution is 6.23. The lowest BCUT2D eigenvalue weighted by Crippen LogP contribution is -2.19. The molecule has 0 radical (unpaired) electrons. The Bertz CT molecular complexity index is 344. The van der Waals surface area contributed by atoms with Crippen molar-refractivity contribution in [2.24, 2.45) is 5.92 Å². The molecule has 0 saturated carbocycles. The second-order valence-corrected chi connectivity index (χ2v) is 3.95. The lowest BCUT2D eigenvalue weighted by atomic mass is 10.0. The highest BCUT2D eigenvalue weighted by Gasteiger charge is 2.41. The monoisotopic (exact) mass is 244 g/mol. The van der Waals surface area contributed by atoms with Crippen LogP contribution in [-0.2, 0) is 24.1 Å². The maximum absolute atomic E-state index is 11.8. The van der Waals surface area contributed by atoms with E-state index in [2.05, 4.69) is 9.78 Å². The molecule has 1 fully saturated rings. The molecule has 1 rings (SSSR count). The lowest BCUT2D eigenvalue weighted by Gasteiger charge is -2.06. The van der Waals surface area contributed by atoms with E-state index in [-0.39, 0.29) is 30.3 Å². The van der Waals surface area contributed by atoms with Crippen molar-refractivity contribution in [3.8, 4) is 0 Å². The van der Waals surface area contributed by atoms with Gasteiger partial charge in [-0.25, -0.2) is 14.6 Å². The second kappa shape index (κ2) is 5.79. The van der Waals surface area contributed by atoms with Crippen molar-refractivity contribution in [3.63, 3.8) is 0 Å². The number of hydrogen-bond acceptors (Lipinski definition) is 6. The largest absolute Gasteiger partial charge is 0.511 e. The molecule has 0 amide bonds. The molecule has 0 aromatic carbocycles. The Balaban J connectivity index is 2.76. The smallest absolute Gasteiger partial charge is 0.346 e. The molecular weight excluding hydrogens is 228 g/mol. The normalized spacial score (nSPS) is 23.2. The summed E-state index contributed by atoms with van der Waals surface area (Å²) in [7, 11) is 1.35. The van der Waals surface area contributed by atoms with Crippen molar-refractivity contribution in [1.29, 1.82) is 0 Å². The van der Waals surface area contributed by atoms with Crippen LogP contribution in [-0.4, -0.2) is 36.7 Å². The number of hydrogen-bond donors (Lipinski definition) is 1. The number of Topliss-reactive ketones (excluding diaryl/α,β-unsaturated/α-hetero) is 1. The van der Waals surface area contributed by atoms with Crippen LogP contribution < -0.4 is 0 Å². The molecule has 0 aromatic rings. The van der Waals surface area contributed by atoms with Crippen LogP contribution in [0.2, 0.25) is 0 Å². The van der Waals surface area contributed by atoms with E-state index in [4.69, 9.17) is 4.74 Å². The fourth-order valence-corrected chi connectivity index (χ4v) is 1.45. The third kappa shape index (κ3) is 3.04. The molecule has 1 aliphatic rings. The summed E-state index contributed by atoms with van der Waals surface area (Å²) in [5.41, 5.74) is -0.248. The first-order chi connectivity index (χ1) is 7.99. The molecule has 1 atom stereocenters. The van der Waals surface area contributed by atoms with Gasteiger partial charge < -0.3 is 9.84 Å². The summed E-state index contributed by atoms with van der Waals surface area (Å²) in [4.78, 5) is 32.2. The summed E-state index contributed by atoms with van der Waals surface area (Å²) in [6.45, 7) is 3.50. The van der Waals surface area contributed by atoms with E-state index in [1.807, 2.05) is 0 Å². The number of rotatable bonds is 5. The minimum absolute atomic E-state index is 0.135. The van der Waals surface area contributed by atoms with Gasteiger partial charge in [0.1, 0.15) is 11.3 Å². The summed E-state index contributed by atoms with van der Waals surface area (Å²) in [5, 5.41) is 9.66. The molecule has 17 heavy (non-hydrogen) atoms. The Hall–Kier alpha value is -1.40. The van der Waals surface area contributed by atoms with Gasteiger partial charge in [-0.3, -0.25) is 4.79 Å². The van der Waals surface area contributed by atoms with Crippen LogP contribution in [0.15, 0.2) is 11.3 Å². The van der Waals surface area contributed by atoms with Gasteiger partial charge in [0, 0.05) is 12.3 Å². The van der Waals surface area contributed by atoms with Gasteiger partial charge in [0.25, 0.3) is 0 Å². The quantitative estimate of drug-likeness (QED) is 0.147. The Morgan fingerprint density at radius 2 is 2.12 bits per heavy atom. The van der Waals surface area contributed by atoms with E-state index >= 15 is 0 Å². The molecule has 0 aromatic heterocycles.